The molecule has 1 atom stereocenters. The SMILES string of the molecule is COc1ccc(O[C@@H](C)CO)cc1. The Bertz CT molecular complexity index is 243. The average molecular weight is 182 g/mol. The maximum Gasteiger partial charge on any atom is 0.120 e. The zero-order valence-corrected chi connectivity index (χ0v) is 7.86. The standard InChI is InChI=1S/C10H14O3/c1-8(7-11)13-10-5-3-9(12-2)4-6-10/h3-6,8,11H,7H2,1-2H3/t8-/m0/s1. The van der Waals surface area contributed by atoms with Crippen LogP contribution in [0.1, 0.15) is 6.92 Å². The number of rotatable bonds is 4. The van der Waals surface area contributed by atoms with Crippen LogP contribution in [0.4, 0.5) is 0 Å². The van der Waals surface area contributed by atoms with Crippen molar-refractivity contribution in [3.05, 3.63) is 24.3 Å². The molecule has 0 amide bonds. The van der Waals surface area contributed by atoms with E-state index in [2.05, 4.69) is 0 Å². The summed E-state index contributed by atoms with van der Waals surface area (Å²) >= 11 is 0. The van der Waals surface area contributed by atoms with Crippen LogP contribution in [-0.4, -0.2) is 24.9 Å². The average Bonchev–Trinajstić information content (AvgIpc) is 2.19. The van der Waals surface area contributed by atoms with Crippen molar-refractivity contribution >= 4 is 0 Å². The smallest absolute Gasteiger partial charge is 0.120 e. The normalized spacial score (nSPS) is 12.2. The van der Waals surface area contributed by atoms with E-state index in [0.29, 0.717) is 0 Å². The highest BCUT2D eigenvalue weighted by Crippen LogP contribution is 2.17. The summed E-state index contributed by atoms with van der Waals surface area (Å²) in [5.41, 5.74) is 0. The zero-order valence-electron chi connectivity index (χ0n) is 7.86. The lowest BCUT2D eigenvalue weighted by molar-refractivity contribution is 0.129. The second kappa shape index (κ2) is 4.72. The highest BCUT2D eigenvalue weighted by molar-refractivity contribution is 5.31. The Hall–Kier alpha value is -1.22. The van der Waals surface area contributed by atoms with Gasteiger partial charge in [0, 0.05) is 0 Å². The van der Waals surface area contributed by atoms with Crippen molar-refractivity contribution in [2.45, 2.75) is 13.0 Å². The van der Waals surface area contributed by atoms with Gasteiger partial charge in [-0.15, -0.1) is 0 Å². The molecule has 72 valence electrons. The van der Waals surface area contributed by atoms with Gasteiger partial charge in [0.1, 0.15) is 17.6 Å². The van der Waals surface area contributed by atoms with Crippen LogP contribution in [0.5, 0.6) is 11.5 Å². The highest BCUT2D eigenvalue weighted by Gasteiger charge is 2.01. The molecule has 0 fully saturated rings. The minimum absolute atomic E-state index is 0.0199. The van der Waals surface area contributed by atoms with E-state index in [1.54, 1.807) is 7.11 Å². The summed E-state index contributed by atoms with van der Waals surface area (Å²) in [5.74, 6) is 1.53. The predicted octanol–water partition coefficient (Wildman–Crippen LogP) is 1.45. The first-order chi connectivity index (χ1) is 6.26. The van der Waals surface area contributed by atoms with Crippen molar-refractivity contribution in [3.8, 4) is 11.5 Å². The Morgan fingerprint density at radius 2 is 1.77 bits per heavy atom. The zero-order chi connectivity index (χ0) is 9.68. The third-order valence-electron chi connectivity index (χ3n) is 1.65. The van der Waals surface area contributed by atoms with E-state index in [-0.39, 0.29) is 12.7 Å². The number of ether oxygens (including phenoxy) is 2. The fourth-order valence-corrected chi connectivity index (χ4v) is 0.924. The van der Waals surface area contributed by atoms with Gasteiger partial charge in [-0.25, -0.2) is 0 Å². The largest absolute Gasteiger partial charge is 0.497 e. The van der Waals surface area contributed by atoms with Gasteiger partial charge in [-0.2, -0.15) is 0 Å². The Balaban J connectivity index is 2.58. The number of hydrogen-bond acceptors (Lipinski definition) is 3. The topological polar surface area (TPSA) is 38.7 Å². The van der Waals surface area contributed by atoms with Crippen LogP contribution in [0.3, 0.4) is 0 Å². The monoisotopic (exact) mass is 182 g/mol. The first kappa shape index (κ1) is 9.86. The molecule has 0 saturated carbocycles. The van der Waals surface area contributed by atoms with Gasteiger partial charge in [-0.05, 0) is 31.2 Å². The lowest BCUT2D eigenvalue weighted by Gasteiger charge is -2.11. The molecule has 0 bridgehead atoms. The summed E-state index contributed by atoms with van der Waals surface area (Å²) in [6.07, 6.45) is -0.173. The van der Waals surface area contributed by atoms with E-state index in [9.17, 15) is 0 Å². The number of aliphatic hydroxyl groups is 1. The van der Waals surface area contributed by atoms with Crippen LogP contribution in [0.15, 0.2) is 24.3 Å². The molecule has 0 aliphatic carbocycles. The van der Waals surface area contributed by atoms with Gasteiger partial charge < -0.3 is 14.6 Å². The fourth-order valence-electron chi connectivity index (χ4n) is 0.924. The van der Waals surface area contributed by atoms with E-state index in [1.807, 2.05) is 31.2 Å². The molecule has 0 aromatic heterocycles. The third-order valence-corrected chi connectivity index (χ3v) is 1.65. The molecule has 3 nitrogen and oxygen atoms in total. The molecule has 1 rings (SSSR count). The lowest BCUT2D eigenvalue weighted by Crippen LogP contribution is -2.15. The molecule has 1 aromatic carbocycles. The third kappa shape index (κ3) is 2.95. The van der Waals surface area contributed by atoms with Gasteiger partial charge in [0.15, 0.2) is 0 Å². The number of aliphatic hydroxyl groups excluding tert-OH is 1. The van der Waals surface area contributed by atoms with Crippen LogP contribution in [0.25, 0.3) is 0 Å². The summed E-state index contributed by atoms with van der Waals surface area (Å²) in [7, 11) is 1.62. The predicted molar refractivity (Wildman–Crippen MR) is 50.2 cm³/mol. The minimum Gasteiger partial charge on any atom is -0.497 e. The molecule has 0 radical (unpaired) electrons. The van der Waals surface area contributed by atoms with Gasteiger partial charge in [-0.1, -0.05) is 0 Å². The van der Waals surface area contributed by atoms with Crippen molar-refractivity contribution in [3.63, 3.8) is 0 Å². The minimum atomic E-state index is -0.173. The fraction of sp³-hybridized carbons (Fsp3) is 0.400. The molecular formula is C10H14O3. The maximum atomic E-state index is 8.75. The molecule has 1 N–H and O–H groups in total. The number of benzene rings is 1. The van der Waals surface area contributed by atoms with Crippen LogP contribution >= 0.6 is 0 Å². The molecule has 3 heteroatoms. The van der Waals surface area contributed by atoms with Gasteiger partial charge in [0.25, 0.3) is 0 Å². The summed E-state index contributed by atoms with van der Waals surface area (Å²) in [6.45, 7) is 1.83. The quantitative estimate of drug-likeness (QED) is 0.766. The molecule has 13 heavy (non-hydrogen) atoms. The van der Waals surface area contributed by atoms with E-state index in [0.717, 1.165) is 11.5 Å². The summed E-state index contributed by atoms with van der Waals surface area (Å²) in [6, 6.07) is 7.26. The van der Waals surface area contributed by atoms with Crippen LogP contribution in [0, 0.1) is 0 Å². The summed E-state index contributed by atoms with van der Waals surface area (Å²) < 4.78 is 10.4. The highest BCUT2D eigenvalue weighted by atomic mass is 16.5. The molecule has 0 unspecified atom stereocenters. The Kier molecular flexibility index (Phi) is 3.58. The molecule has 0 aliphatic rings. The second-order valence-corrected chi connectivity index (χ2v) is 2.79. The van der Waals surface area contributed by atoms with Crippen molar-refractivity contribution in [1.29, 1.82) is 0 Å². The lowest BCUT2D eigenvalue weighted by atomic mass is 10.3. The van der Waals surface area contributed by atoms with E-state index >= 15 is 0 Å². The van der Waals surface area contributed by atoms with Crippen LogP contribution < -0.4 is 9.47 Å². The van der Waals surface area contributed by atoms with E-state index < -0.39 is 0 Å². The maximum absolute atomic E-state index is 8.75. The van der Waals surface area contributed by atoms with Crippen molar-refractivity contribution in [1.82, 2.24) is 0 Å². The van der Waals surface area contributed by atoms with Gasteiger partial charge in [0.2, 0.25) is 0 Å². The molecule has 0 saturated heterocycles. The van der Waals surface area contributed by atoms with Crippen LogP contribution in [0.2, 0.25) is 0 Å². The van der Waals surface area contributed by atoms with E-state index in [4.69, 9.17) is 14.6 Å². The Morgan fingerprint density at radius 3 is 2.23 bits per heavy atom. The Labute approximate surface area is 77.9 Å². The van der Waals surface area contributed by atoms with Gasteiger partial charge in [-0.3, -0.25) is 0 Å². The summed E-state index contributed by atoms with van der Waals surface area (Å²) in [4.78, 5) is 0. The molecule has 1 aromatic rings. The van der Waals surface area contributed by atoms with Crippen molar-refractivity contribution in [2.75, 3.05) is 13.7 Å². The van der Waals surface area contributed by atoms with Crippen molar-refractivity contribution in [2.24, 2.45) is 0 Å². The molecular weight excluding hydrogens is 168 g/mol. The first-order valence-electron chi connectivity index (χ1n) is 4.18. The Morgan fingerprint density at radius 1 is 1.23 bits per heavy atom. The van der Waals surface area contributed by atoms with E-state index in [1.165, 1.54) is 0 Å². The number of methoxy groups -OCH3 is 1. The molecule has 0 heterocycles. The summed E-state index contributed by atoms with van der Waals surface area (Å²) in [5, 5.41) is 8.75. The molecule has 0 spiro atoms. The first-order valence-corrected chi connectivity index (χ1v) is 4.18. The molecule has 0 aliphatic heterocycles. The van der Waals surface area contributed by atoms with Crippen LogP contribution in [-0.2, 0) is 0 Å². The van der Waals surface area contributed by atoms with Gasteiger partial charge in [0.05, 0.1) is 13.7 Å². The van der Waals surface area contributed by atoms with Gasteiger partial charge >= 0.3 is 0 Å². The number of hydrogen-bond donors (Lipinski definition) is 1. The second-order valence-electron chi connectivity index (χ2n) is 2.79. The van der Waals surface area contributed by atoms with Crippen molar-refractivity contribution < 1.29 is 14.6 Å².